The maximum Gasteiger partial charge on any atom is 0.308 e. The molecule has 0 radical (unpaired) electrons. The van der Waals surface area contributed by atoms with E-state index < -0.39 is 11.9 Å². The van der Waals surface area contributed by atoms with Gasteiger partial charge in [-0.15, -0.1) is 0 Å². The number of esters is 1. The summed E-state index contributed by atoms with van der Waals surface area (Å²) in [6.07, 6.45) is 1.35. The molecule has 2 N–H and O–H groups in total. The van der Waals surface area contributed by atoms with Crippen molar-refractivity contribution in [1.82, 2.24) is 10.6 Å². The van der Waals surface area contributed by atoms with Crippen molar-refractivity contribution in [3.63, 3.8) is 0 Å². The van der Waals surface area contributed by atoms with Crippen molar-refractivity contribution in [2.75, 3.05) is 13.2 Å². The molecule has 1 unspecified atom stereocenters. The van der Waals surface area contributed by atoms with Gasteiger partial charge in [-0.05, 0) is 49.6 Å². The number of furan rings is 1. The van der Waals surface area contributed by atoms with Gasteiger partial charge in [-0.1, -0.05) is 18.2 Å². The van der Waals surface area contributed by atoms with Gasteiger partial charge in [0.05, 0.1) is 18.7 Å². The fraction of sp³-hybridized carbons (Fsp3) is 0.350. The molecule has 1 atom stereocenters. The summed E-state index contributed by atoms with van der Waals surface area (Å²) >= 11 is 0. The average molecular weight is 372 g/mol. The highest BCUT2D eigenvalue weighted by molar-refractivity contribution is 5.91. The van der Waals surface area contributed by atoms with Crippen LogP contribution in [-0.2, 0) is 14.3 Å². The van der Waals surface area contributed by atoms with E-state index in [4.69, 9.17) is 9.15 Å². The van der Waals surface area contributed by atoms with E-state index in [1.165, 1.54) is 17.9 Å². The Morgan fingerprint density at radius 2 is 1.93 bits per heavy atom. The first-order valence-corrected chi connectivity index (χ1v) is 8.70. The molecular formula is C20H24N2O5. The molecule has 0 aliphatic rings. The van der Waals surface area contributed by atoms with Crippen molar-refractivity contribution in [3.05, 3.63) is 59.0 Å². The minimum absolute atomic E-state index is 0.0353. The lowest BCUT2D eigenvalue weighted by atomic mass is 10.0. The van der Waals surface area contributed by atoms with Gasteiger partial charge in [-0.3, -0.25) is 14.4 Å². The van der Waals surface area contributed by atoms with E-state index in [-0.39, 0.29) is 37.3 Å². The number of benzene rings is 1. The smallest absolute Gasteiger partial charge is 0.308 e. The van der Waals surface area contributed by atoms with Gasteiger partial charge in [-0.2, -0.15) is 0 Å². The minimum Gasteiger partial charge on any atom is -0.459 e. The van der Waals surface area contributed by atoms with Gasteiger partial charge in [-0.25, -0.2) is 0 Å². The molecule has 0 saturated heterocycles. The minimum atomic E-state index is -0.566. The maximum atomic E-state index is 12.0. The summed E-state index contributed by atoms with van der Waals surface area (Å²) in [6.45, 7) is 5.64. The lowest BCUT2D eigenvalue weighted by Crippen LogP contribution is -2.32. The van der Waals surface area contributed by atoms with E-state index in [2.05, 4.69) is 10.6 Å². The third-order valence-corrected chi connectivity index (χ3v) is 4.13. The van der Waals surface area contributed by atoms with Gasteiger partial charge in [0.25, 0.3) is 11.8 Å². The first kappa shape index (κ1) is 20.2. The standard InChI is InChI=1S/C20H24N2O5/c1-13-6-7-16(11-14(13)2)15(3)22-18(23)12-27-19(24)8-9-21-20(25)17-5-4-10-26-17/h4-7,10-11,15H,8-9,12H2,1-3H3,(H,21,25)(H,22,23). The molecule has 0 aliphatic heterocycles. The Hall–Kier alpha value is -3.09. The van der Waals surface area contributed by atoms with Crippen LogP contribution in [-0.4, -0.2) is 30.9 Å². The summed E-state index contributed by atoms with van der Waals surface area (Å²) in [5.74, 6) is -1.19. The third-order valence-electron chi connectivity index (χ3n) is 4.13. The van der Waals surface area contributed by atoms with Crippen LogP contribution in [0.25, 0.3) is 0 Å². The molecule has 27 heavy (non-hydrogen) atoms. The quantitative estimate of drug-likeness (QED) is 0.694. The second kappa shape index (κ2) is 9.56. The summed E-state index contributed by atoms with van der Waals surface area (Å²) < 4.78 is 9.87. The summed E-state index contributed by atoms with van der Waals surface area (Å²) in [4.78, 5) is 35.3. The van der Waals surface area contributed by atoms with Crippen LogP contribution < -0.4 is 10.6 Å². The molecule has 0 fully saturated rings. The molecule has 1 aromatic carbocycles. The van der Waals surface area contributed by atoms with E-state index in [0.29, 0.717) is 0 Å². The largest absolute Gasteiger partial charge is 0.459 e. The number of rotatable bonds is 8. The highest BCUT2D eigenvalue weighted by Gasteiger charge is 2.13. The van der Waals surface area contributed by atoms with Crippen molar-refractivity contribution >= 4 is 17.8 Å². The number of aryl methyl sites for hydroxylation is 2. The van der Waals surface area contributed by atoms with Gasteiger partial charge in [0.15, 0.2) is 12.4 Å². The molecule has 2 amide bonds. The van der Waals surface area contributed by atoms with Crippen LogP contribution in [0, 0.1) is 13.8 Å². The Balaban J connectivity index is 1.67. The predicted molar refractivity (Wildman–Crippen MR) is 99.1 cm³/mol. The molecule has 7 nitrogen and oxygen atoms in total. The second-order valence-corrected chi connectivity index (χ2v) is 6.28. The molecule has 2 rings (SSSR count). The average Bonchev–Trinajstić information content (AvgIpc) is 3.17. The number of carbonyl (C=O) groups is 3. The number of carbonyl (C=O) groups excluding carboxylic acids is 3. The molecule has 0 spiro atoms. The van der Waals surface area contributed by atoms with E-state index >= 15 is 0 Å². The Bertz CT molecular complexity index is 799. The zero-order valence-corrected chi connectivity index (χ0v) is 15.7. The molecule has 7 heteroatoms. The van der Waals surface area contributed by atoms with Gasteiger partial charge in [0, 0.05) is 6.54 Å². The molecule has 144 valence electrons. The summed E-state index contributed by atoms with van der Waals surface area (Å²) in [6, 6.07) is 8.91. The Labute approximate surface area is 158 Å². The predicted octanol–water partition coefficient (Wildman–Crippen LogP) is 2.44. The lowest BCUT2D eigenvalue weighted by Gasteiger charge is -2.15. The van der Waals surface area contributed by atoms with E-state index in [1.807, 2.05) is 39.0 Å². The van der Waals surface area contributed by atoms with Crippen molar-refractivity contribution < 1.29 is 23.5 Å². The second-order valence-electron chi connectivity index (χ2n) is 6.28. The zero-order chi connectivity index (χ0) is 19.8. The zero-order valence-electron chi connectivity index (χ0n) is 15.7. The first-order valence-electron chi connectivity index (χ1n) is 8.70. The number of ether oxygens (including phenoxy) is 1. The van der Waals surface area contributed by atoms with Gasteiger partial charge in [0.1, 0.15) is 0 Å². The molecule has 0 saturated carbocycles. The van der Waals surface area contributed by atoms with E-state index in [0.717, 1.165) is 11.1 Å². The van der Waals surface area contributed by atoms with Gasteiger partial charge < -0.3 is 19.8 Å². The number of nitrogens with one attached hydrogen (secondary N) is 2. The van der Waals surface area contributed by atoms with Crippen LogP contribution in [0.2, 0.25) is 0 Å². The fourth-order valence-electron chi connectivity index (χ4n) is 2.39. The van der Waals surface area contributed by atoms with Crippen LogP contribution >= 0.6 is 0 Å². The maximum absolute atomic E-state index is 12.0. The third kappa shape index (κ3) is 6.29. The molecule has 0 bridgehead atoms. The highest BCUT2D eigenvalue weighted by atomic mass is 16.5. The highest BCUT2D eigenvalue weighted by Crippen LogP contribution is 2.16. The number of hydrogen-bond acceptors (Lipinski definition) is 5. The summed E-state index contributed by atoms with van der Waals surface area (Å²) in [5.41, 5.74) is 3.32. The van der Waals surface area contributed by atoms with E-state index in [1.54, 1.807) is 6.07 Å². The van der Waals surface area contributed by atoms with Crippen molar-refractivity contribution in [2.24, 2.45) is 0 Å². The van der Waals surface area contributed by atoms with Crippen LogP contribution in [0.4, 0.5) is 0 Å². The van der Waals surface area contributed by atoms with Crippen molar-refractivity contribution in [2.45, 2.75) is 33.2 Å². The Kier molecular flexibility index (Phi) is 7.16. The summed E-state index contributed by atoms with van der Waals surface area (Å²) in [7, 11) is 0. The molecule has 1 heterocycles. The number of amides is 2. The monoisotopic (exact) mass is 372 g/mol. The fourth-order valence-corrected chi connectivity index (χ4v) is 2.39. The molecule has 1 aromatic heterocycles. The molecular weight excluding hydrogens is 348 g/mol. The van der Waals surface area contributed by atoms with Crippen LogP contribution in [0.1, 0.15) is 46.6 Å². The first-order chi connectivity index (χ1) is 12.9. The normalized spacial score (nSPS) is 11.5. The number of hydrogen-bond donors (Lipinski definition) is 2. The topological polar surface area (TPSA) is 97.6 Å². The Morgan fingerprint density at radius 1 is 1.15 bits per heavy atom. The van der Waals surface area contributed by atoms with Crippen LogP contribution in [0.3, 0.4) is 0 Å². The molecule has 0 aliphatic carbocycles. The summed E-state index contributed by atoms with van der Waals surface area (Å²) in [5, 5.41) is 5.33. The van der Waals surface area contributed by atoms with Gasteiger partial charge in [0.2, 0.25) is 0 Å². The van der Waals surface area contributed by atoms with E-state index in [9.17, 15) is 14.4 Å². The van der Waals surface area contributed by atoms with Crippen LogP contribution in [0.5, 0.6) is 0 Å². The SMILES string of the molecule is Cc1ccc(C(C)NC(=O)COC(=O)CCNC(=O)c2ccco2)cc1C. The lowest BCUT2D eigenvalue weighted by molar-refractivity contribution is -0.148. The Morgan fingerprint density at radius 3 is 2.59 bits per heavy atom. The van der Waals surface area contributed by atoms with Gasteiger partial charge >= 0.3 is 5.97 Å². The van der Waals surface area contributed by atoms with Crippen molar-refractivity contribution in [3.8, 4) is 0 Å². The van der Waals surface area contributed by atoms with Crippen molar-refractivity contribution in [1.29, 1.82) is 0 Å². The van der Waals surface area contributed by atoms with Crippen LogP contribution in [0.15, 0.2) is 41.0 Å². The molecule has 2 aromatic rings.